The van der Waals surface area contributed by atoms with Crippen molar-refractivity contribution in [2.24, 2.45) is 5.73 Å². The van der Waals surface area contributed by atoms with E-state index in [0.717, 1.165) is 12.0 Å². The molecular weight excluding hydrogens is 452 g/mol. The predicted octanol–water partition coefficient (Wildman–Crippen LogP) is 6.08. The molecule has 4 rings (SSSR count). The van der Waals surface area contributed by atoms with Crippen molar-refractivity contribution >= 4 is 16.9 Å². The number of esters is 1. The van der Waals surface area contributed by atoms with Crippen molar-refractivity contribution in [2.75, 3.05) is 6.61 Å². The summed E-state index contributed by atoms with van der Waals surface area (Å²) in [5.74, 6) is -0.248. The summed E-state index contributed by atoms with van der Waals surface area (Å²) in [5, 5.41) is 0.491. The van der Waals surface area contributed by atoms with Crippen molar-refractivity contribution in [1.29, 1.82) is 0 Å². The molecule has 0 aliphatic carbocycles. The van der Waals surface area contributed by atoms with Gasteiger partial charge in [0.05, 0.1) is 13.0 Å². The van der Waals surface area contributed by atoms with Gasteiger partial charge in [0.25, 0.3) is 6.01 Å². The molecule has 1 aromatic heterocycles. The molecule has 0 radical (unpaired) electrons. The first kappa shape index (κ1) is 24.4. The van der Waals surface area contributed by atoms with E-state index in [9.17, 15) is 9.18 Å². The first-order valence-electron chi connectivity index (χ1n) is 11.5. The minimum Gasteiger partial charge on any atom is -0.489 e. The summed E-state index contributed by atoms with van der Waals surface area (Å²) in [6.45, 7) is 4.25. The van der Waals surface area contributed by atoms with Crippen LogP contribution in [0.3, 0.4) is 0 Å². The molecule has 0 fully saturated rings. The van der Waals surface area contributed by atoms with Crippen LogP contribution in [0.4, 0.5) is 8.78 Å². The Kier molecular flexibility index (Phi) is 7.46. The number of benzene rings is 3. The normalized spacial score (nSPS) is 11.1. The Morgan fingerprint density at radius 2 is 1.80 bits per heavy atom. The van der Waals surface area contributed by atoms with Crippen molar-refractivity contribution in [3.8, 4) is 16.9 Å². The standard InChI is InChI=1S/C28H27F2NO4/c1-3-17-8-9-19(14-26(32)33-4-2)24(12-17)34-16-18-10-21-13-25(29)35-28(21)23(11-18)22-7-5-6-20(15-31)27(22)30/h5-13H,3-4,14-16,31H2,1-2H3. The summed E-state index contributed by atoms with van der Waals surface area (Å²) >= 11 is 0. The fourth-order valence-electron chi connectivity index (χ4n) is 4.04. The largest absolute Gasteiger partial charge is 0.489 e. The maximum Gasteiger partial charge on any atom is 0.310 e. The Balaban J connectivity index is 1.70. The van der Waals surface area contributed by atoms with E-state index >= 15 is 4.39 Å². The molecule has 0 unspecified atom stereocenters. The van der Waals surface area contributed by atoms with Gasteiger partial charge in [-0.15, -0.1) is 0 Å². The van der Waals surface area contributed by atoms with Gasteiger partial charge >= 0.3 is 5.97 Å². The maximum absolute atomic E-state index is 15.1. The number of carbonyl (C=O) groups is 1. The van der Waals surface area contributed by atoms with Crippen LogP contribution in [0.2, 0.25) is 0 Å². The van der Waals surface area contributed by atoms with E-state index in [0.29, 0.717) is 40.0 Å². The molecule has 0 aliphatic heterocycles. The van der Waals surface area contributed by atoms with Gasteiger partial charge in [-0.3, -0.25) is 4.79 Å². The van der Waals surface area contributed by atoms with Gasteiger partial charge in [-0.05, 0) is 42.7 Å². The van der Waals surface area contributed by atoms with E-state index in [-0.39, 0.29) is 36.7 Å². The molecule has 0 bridgehead atoms. The van der Waals surface area contributed by atoms with E-state index in [1.54, 1.807) is 37.3 Å². The van der Waals surface area contributed by atoms with E-state index in [1.165, 1.54) is 6.07 Å². The first-order valence-corrected chi connectivity index (χ1v) is 11.5. The van der Waals surface area contributed by atoms with Gasteiger partial charge in [0, 0.05) is 40.3 Å². The van der Waals surface area contributed by atoms with Crippen LogP contribution in [0.15, 0.2) is 59.0 Å². The molecule has 35 heavy (non-hydrogen) atoms. The highest BCUT2D eigenvalue weighted by Gasteiger charge is 2.18. The fourth-order valence-corrected chi connectivity index (χ4v) is 4.04. The van der Waals surface area contributed by atoms with Crippen LogP contribution >= 0.6 is 0 Å². The molecule has 0 aliphatic rings. The third-order valence-corrected chi connectivity index (χ3v) is 5.81. The first-order chi connectivity index (χ1) is 16.9. The lowest BCUT2D eigenvalue weighted by atomic mass is 9.98. The van der Waals surface area contributed by atoms with Crippen molar-refractivity contribution in [3.63, 3.8) is 0 Å². The third-order valence-electron chi connectivity index (χ3n) is 5.81. The van der Waals surface area contributed by atoms with Gasteiger partial charge in [-0.2, -0.15) is 4.39 Å². The highest BCUT2D eigenvalue weighted by Crippen LogP contribution is 2.35. The topological polar surface area (TPSA) is 74.7 Å². The number of rotatable bonds is 9. The van der Waals surface area contributed by atoms with Gasteiger partial charge in [-0.1, -0.05) is 37.3 Å². The zero-order chi connectivity index (χ0) is 24.9. The Morgan fingerprint density at radius 1 is 0.971 bits per heavy atom. The van der Waals surface area contributed by atoms with Crippen molar-refractivity contribution in [3.05, 3.63) is 88.7 Å². The smallest absolute Gasteiger partial charge is 0.310 e. The van der Waals surface area contributed by atoms with Gasteiger partial charge in [0.15, 0.2) is 0 Å². The summed E-state index contributed by atoms with van der Waals surface area (Å²) in [5.41, 5.74) is 9.40. The summed E-state index contributed by atoms with van der Waals surface area (Å²) < 4.78 is 45.6. The molecule has 0 saturated heterocycles. The van der Waals surface area contributed by atoms with Crippen LogP contribution in [-0.2, 0) is 35.5 Å². The predicted molar refractivity (Wildman–Crippen MR) is 130 cm³/mol. The second kappa shape index (κ2) is 10.7. The SMILES string of the molecule is CCOC(=O)Cc1ccc(CC)cc1OCc1cc(-c2cccc(CN)c2F)c2oc(F)cc2c1. The van der Waals surface area contributed by atoms with Crippen LogP contribution in [0.25, 0.3) is 22.1 Å². The highest BCUT2D eigenvalue weighted by atomic mass is 19.1. The Labute approximate surface area is 202 Å². The number of carbonyl (C=O) groups excluding carboxylic acids is 1. The highest BCUT2D eigenvalue weighted by molar-refractivity contribution is 5.93. The number of hydrogen-bond acceptors (Lipinski definition) is 5. The lowest BCUT2D eigenvalue weighted by Gasteiger charge is -2.14. The second-order valence-corrected chi connectivity index (χ2v) is 8.16. The average molecular weight is 480 g/mol. The van der Waals surface area contributed by atoms with Crippen molar-refractivity contribution in [2.45, 2.75) is 39.8 Å². The van der Waals surface area contributed by atoms with Crippen LogP contribution < -0.4 is 10.5 Å². The van der Waals surface area contributed by atoms with E-state index in [1.807, 2.05) is 25.1 Å². The van der Waals surface area contributed by atoms with Gasteiger partial charge in [-0.25, -0.2) is 4.39 Å². The molecule has 182 valence electrons. The minimum absolute atomic E-state index is 0.0369. The summed E-state index contributed by atoms with van der Waals surface area (Å²) in [6, 6.07) is 14.6. The Morgan fingerprint density at radius 3 is 2.54 bits per heavy atom. The quantitative estimate of drug-likeness (QED) is 0.294. The van der Waals surface area contributed by atoms with E-state index < -0.39 is 11.8 Å². The van der Waals surface area contributed by atoms with E-state index in [4.69, 9.17) is 19.6 Å². The second-order valence-electron chi connectivity index (χ2n) is 8.16. The number of hydrogen-bond donors (Lipinski definition) is 1. The van der Waals surface area contributed by atoms with E-state index in [2.05, 4.69) is 0 Å². The molecular formula is C28H27F2NO4. The summed E-state index contributed by atoms with van der Waals surface area (Å²) in [4.78, 5) is 12.1. The van der Waals surface area contributed by atoms with Crippen molar-refractivity contribution in [1.82, 2.24) is 0 Å². The number of ether oxygens (including phenoxy) is 2. The van der Waals surface area contributed by atoms with Gasteiger partial charge in [0.2, 0.25) is 0 Å². The number of nitrogens with two attached hydrogens (primary N) is 1. The van der Waals surface area contributed by atoms with Crippen LogP contribution in [-0.4, -0.2) is 12.6 Å². The summed E-state index contributed by atoms with van der Waals surface area (Å²) in [6.07, 6.45) is 0.888. The fraction of sp³-hybridized carbons (Fsp3) is 0.250. The van der Waals surface area contributed by atoms with Crippen LogP contribution in [0, 0.1) is 11.8 Å². The number of furan rings is 1. The summed E-state index contributed by atoms with van der Waals surface area (Å²) in [7, 11) is 0. The monoisotopic (exact) mass is 479 g/mol. The Bertz CT molecular complexity index is 1360. The van der Waals surface area contributed by atoms with Crippen LogP contribution in [0.5, 0.6) is 5.75 Å². The lowest BCUT2D eigenvalue weighted by Crippen LogP contribution is -2.09. The molecule has 0 amide bonds. The van der Waals surface area contributed by atoms with Crippen molar-refractivity contribution < 1.29 is 27.5 Å². The zero-order valence-corrected chi connectivity index (χ0v) is 19.7. The average Bonchev–Trinajstić information content (AvgIpc) is 3.23. The number of fused-ring (bicyclic) bond motifs is 1. The molecule has 0 atom stereocenters. The number of halogens is 2. The molecule has 5 nitrogen and oxygen atoms in total. The molecule has 2 N–H and O–H groups in total. The molecule has 0 saturated carbocycles. The molecule has 3 aromatic carbocycles. The lowest BCUT2D eigenvalue weighted by molar-refractivity contribution is -0.142. The third kappa shape index (κ3) is 5.35. The molecule has 4 aromatic rings. The van der Waals surface area contributed by atoms with Gasteiger partial charge in [0.1, 0.15) is 23.8 Å². The van der Waals surface area contributed by atoms with Crippen LogP contribution in [0.1, 0.15) is 36.1 Å². The molecule has 7 heteroatoms. The minimum atomic E-state index is -0.762. The maximum atomic E-state index is 15.1. The molecule has 1 heterocycles. The Hall–Kier alpha value is -3.71. The number of aryl methyl sites for hydroxylation is 1. The molecule has 0 spiro atoms. The zero-order valence-electron chi connectivity index (χ0n) is 19.7. The van der Waals surface area contributed by atoms with Gasteiger partial charge < -0.3 is 19.6 Å².